The van der Waals surface area contributed by atoms with E-state index >= 15 is 0 Å². The van der Waals surface area contributed by atoms with Crippen molar-refractivity contribution in [3.8, 4) is 5.75 Å². The lowest BCUT2D eigenvalue weighted by atomic mass is 10.1. The third-order valence-electron chi connectivity index (χ3n) is 6.68. The third-order valence-corrected chi connectivity index (χ3v) is 8.72. The number of amides is 1. The predicted octanol–water partition coefficient (Wildman–Crippen LogP) is 4.78. The Morgan fingerprint density at radius 1 is 1.02 bits per heavy atom. The van der Waals surface area contributed by atoms with Crippen LogP contribution in [0.15, 0.2) is 94.2 Å². The largest absolute Gasteiger partial charge is 0.497 e. The lowest BCUT2D eigenvalue weighted by Gasteiger charge is -2.14. The Kier molecular flexibility index (Phi) is 7.80. The highest BCUT2D eigenvalue weighted by Gasteiger charge is 2.19. The van der Waals surface area contributed by atoms with Gasteiger partial charge in [0.25, 0.3) is 11.5 Å². The first kappa shape index (κ1) is 27.4. The number of fused-ring (bicyclic) bond motifs is 2. The Hall–Kier alpha value is -4.81. The Labute approximate surface area is 248 Å². The van der Waals surface area contributed by atoms with Crippen LogP contribution in [0.3, 0.4) is 0 Å². The zero-order valence-electron chi connectivity index (χ0n) is 22.5. The van der Waals surface area contributed by atoms with Crippen molar-refractivity contribution in [2.75, 3.05) is 12.4 Å². The smallest absolute Gasteiger partial charge is 0.267 e. The van der Waals surface area contributed by atoms with E-state index in [0.29, 0.717) is 33.7 Å². The number of rotatable bonds is 9. The standard InChI is InChI=1S/C30H25N7O3S2/c1-40-21-12-10-19(11-13-21)14-16-37-25(31)22(17-23-26(37)32-24-9-5-6-15-36(24)28(23)39)27(38)33-29-34-35-30(42-29)41-18-20-7-3-2-4-8-20/h2-13,15,17,31H,14,16,18H2,1H3,(H,33,34,38). The summed E-state index contributed by atoms with van der Waals surface area (Å²) >= 11 is 2.78. The number of nitrogens with one attached hydrogen (secondary N) is 2. The summed E-state index contributed by atoms with van der Waals surface area (Å²) in [5.41, 5.74) is 2.64. The SMILES string of the molecule is COc1ccc(CCn2c(=N)c(C(=O)Nc3nnc(SCc4ccccc4)s3)cc3c(=O)n4ccccc4nc32)cc1. The number of ether oxygens (including phenoxy) is 1. The van der Waals surface area contributed by atoms with Crippen molar-refractivity contribution in [1.82, 2.24) is 24.1 Å². The molecule has 0 radical (unpaired) electrons. The van der Waals surface area contributed by atoms with Crippen molar-refractivity contribution in [2.24, 2.45) is 0 Å². The summed E-state index contributed by atoms with van der Waals surface area (Å²) in [7, 11) is 1.61. The van der Waals surface area contributed by atoms with E-state index in [1.807, 2.05) is 54.6 Å². The number of anilines is 1. The molecule has 2 aromatic carbocycles. The summed E-state index contributed by atoms with van der Waals surface area (Å²) in [5.74, 6) is 0.925. The second-order valence-electron chi connectivity index (χ2n) is 9.34. The lowest BCUT2D eigenvalue weighted by Crippen LogP contribution is -2.32. The van der Waals surface area contributed by atoms with Crippen molar-refractivity contribution < 1.29 is 9.53 Å². The molecule has 210 valence electrons. The summed E-state index contributed by atoms with van der Waals surface area (Å²) in [6, 6.07) is 24.4. The number of hydrogen-bond donors (Lipinski definition) is 2. The van der Waals surface area contributed by atoms with Gasteiger partial charge in [0, 0.05) is 18.5 Å². The molecular weight excluding hydrogens is 571 g/mol. The van der Waals surface area contributed by atoms with Crippen molar-refractivity contribution in [3.63, 3.8) is 0 Å². The highest BCUT2D eigenvalue weighted by atomic mass is 32.2. The van der Waals surface area contributed by atoms with Crippen molar-refractivity contribution >= 4 is 50.8 Å². The fraction of sp³-hybridized carbons (Fsp3) is 0.133. The normalized spacial score (nSPS) is 11.2. The van der Waals surface area contributed by atoms with E-state index in [9.17, 15) is 9.59 Å². The van der Waals surface area contributed by atoms with Crippen LogP contribution in [-0.4, -0.2) is 37.2 Å². The summed E-state index contributed by atoms with van der Waals surface area (Å²) < 4.78 is 9.01. The Bertz CT molecular complexity index is 2020. The molecule has 0 bridgehead atoms. The van der Waals surface area contributed by atoms with Crippen LogP contribution < -0.4 is 21.1 Å². The van der Waals surface area contributed by atoms with Gasteiger partial charge in [-0.05, 0) is 47.9 Å². The number of nitrogens with zero attached hydrogens (tertiary/aromatic N) is 5. The van der Waals surface area contributed by atoms with Crippen LogP contribution >= 0.6 is 23.1 Å². The molecule has 0 fully saturated rings. The molecule has 0 saturated heterocycles. The maximum Gasteiger partial charge on any atom is 0.267 e. The summed E-state index contributed by atoms with van der Waals surface area (Å²) in [6.07, 6.45) is 2.19. The van der Waals surface area contributed by atoms with Crippen LogP contribution in [0.25, 0.3) is 16.7 Å². The summed E-state index contributed by atoms with van der Waals surface area (Å²) in [5, 5.41) is 20.6. The topological polar surface area (TPSA) is 127 Å². The minimum absolute atomic E-state index is 0.0423. The fourth-order valence-corrected chi connectivity index (χ4v) is 6.22. The van der Waals surface area contributed by atoms with Gasteiger partial charge in [-0.25, -0.2) is 4.98 Å². The molecule has 12 heteroatoms. The van der Waals surface area contributed by atoms with Gasteiger partial charge in [-0.15, -0.1) is 10.2 Å². The van der Waals surface area contributed by atoms with Gasteiger partial charge in [0.1, 0.15) is 22.5 Å². The van der Waals surface area contributed by atoms with Gasteiger partial charge in [0.2, 0.25) is 5.13 Å². The van der Waals surface area contributed by atoms with E-state index in [2.05, 4.69) is 15.5 Å². The van der Waals surface area contributed by atoms with Crippen LogP contribution in [-0.2, 0) is 18.7 Å². The minimum atomic E-state index is -0.548. The first-order chi connectivity index (χ1) is 20.5. The Balaban J connectivity index is 1.33. The van der Waals surface area contributed by atoms with Crippen LogP contribution in [0.4, 0.5) is 5.13 Å². The third kappa shape index (κ3) is 5.67. The molecule has 4 aromatic heterocycles. The fourth-order valence-electron chi connectivity index (χ4n) is 4.51. The molecule has 10 nitrogen and oxygen atoms in total. The molecule has 0 atom stereocenters. The predicted molar refractivity (Wildman–Crippen MR) is 163 cm³/mol. The highest BCUT2D eigenvalue weighted by Crippen LogP contribution is 2.28. The Morgan fingerprint density at radius 2 is 1.81 bits per heavy atom. The molecule has 6 aromatic rings. The number of hydrogen-bond acceptors (Lipinski definition) is 9. The molecular formula is C30H25N7O3S2. The second-order valence-corrected chi connectivity index (χ2v) is 11.5. The molecule has 6 rings (SSSR count). The molecule has 1 amide bonds. The zero-order chi connectivity index (χ0) is 29.1. The van der Waals surface area contributed by atoms with Gasteiger partial charge >= 0.3 is 0 Å². The average Bonchev–Trinajstić information content (AvgIpc) is 3.47. The minimum Gasteiger partial charge on any atom is -0.497 e. The van der Waals surface area contributed by atoms with Crippen LogP contribution in [0, 0.1) is 5.41 Å². The second kappa shape index (κ2) is 12.0. The van der Waals surface area contributed by atoms with Gasteiger partial charge in [-0.3, -0.25) is 24.7 Å². The Morgan fingerprint density at radius 3 is 2.60 bits per heavy atom. The highest BCUT2D eigenvalue weighted by molar-refractivity contribution is 8.00. The van der Waals surface area contributed by atoms with Gasteiger partial charge in [0.05, 0.1) is 18.1 Å². The zero-order valence-corrected chi connectivity index (χ0v) is 24.1. The number of aryl methyl sites for hydroxylation is 2. The maximum atomic E-state index is 13.5. The van der Waals surface area contributed by atoms with Gasteiger partial charge in [-0.1, -0.05) is 71.6 Å². The summed E-state index contributed by atoms with van der Waals surface area (Å²) in [4.78, 5) is 31.7. The molecule has 0 aliphatic heterocycles. The van der Waals surface area contributed by atoms with E-state index in [0.717, 1.165) is 22.6 Å². The number of thioether (sulfide) groups is 1. The van der Waals surface area contributed by atoms with Gasteiger partial charge in [0.15, 0.2) is 4.34 Å². The molecule has 0 saturated carbocycles. The molecule has 0 spiro atoms. The van der Waals surface area contributed by atoms with Gasteiger partial charge < -0.3 is 9.30 Å². The number of methoxy groups -OCH3 is 1. The van der Waals surface area contributed by atoms with Crippen LogP contribution in [0.5, 0.6) is 5.75 Å². The van der Waals surface area contributed by atoms with E-state index in [1.54, 1.807) is 36.1 Å². The monoisotopic (exact) mass is 595 g/mol. The van der Waals surface area contributed by atoms with Crippen LogP contribution in [0.1, 0.15) is 21.5 Å². The lowest BCUT2D eigenvalue weighted by molar-refractivity contribution is 0.102. The maximum absolute atomic E-state index is 13.5. The van der Waals surface area contributed by atoms with E-state index in [4.69, 9.17) is 15.1 Å². The quantitative estimate of drug-likeness (QED) is 0.140. The van der Waals surface area contributed by atoms with E-state index in [-0.39, 0.29) is 22.0 Å². The number of benzene rings is 2. The number of carbonyl (C=O) groups is 1. The molecule has 2 N–H and O–H groups in total. The first-order valence-corrected chi connectivity index (χ1v) is 14.8. The van der Waals surface area contributed by atoms with E-state index < -0.39 is 5.91 Å². The van der Waals surface area contributed by atoms with Crippen molar-refractivity contribution in [3.05, 3.63) is 118 Å². The van der Waals surface area contributed by atoms with E-state index in [1.165, 1.54) is 33.6 Å². The first-order valence-electron chi connectivity index (χ1n) is 13.0. The number of aromatic nitrogens is 5. The van der Waals surface area contributed by atoms with Crippen molar-refractivity contribution in [2.45, 2.75) is 23.1 Å². The summed E-state index contributed by atoms with van der Waals surface area (Å²) in [6.45, 7) is 0.331. The average molecular weight is 596 g/mol. The number of carbonyl (C=O) groups excluding carboxylic acids is 1. The molecule has 4 heterocycles. The molecule has 0 aliphatic rings. The number of pyridine rings is 2. The molecule has 0 unspecified atom stereocenters. The molecule has 0 aliphatic carbocycles. The van der Waals surface area contributed by atoms with Crippen LogP contribution in [0.2, 0.25) is 0 Å². The van der Waals surface area contributed by atoms with Gasteiger partial charge in [-0.2, -0.15) is 0 Å². The van der Waals surface area contributed by atoms with Crippen molar-refractivity contribution in [1.29, 1.82) is 5.41 Å². The molecule has 42 heavy (non-hydrogen) atoms.